The number of ether oxygens (including phenoxy) is 1. The van der Waals surface area contributed by atoms with Gasteiger partial charge in [0.1, 0.15) is 5.75 Å². The van der Waals surface area contributed by atoms with Crippen LogP contribution in [0.4, 0.5) is 0 Å². The first-order valence-corrected chi connectivity index (χ1v) is 7.20. The Balaban J connectivity index is 2.12. The van der Waals surface area contributed by atoms with Crippen LogP contribution in [0.2, 0.25) is 0 Å². The van der Waals surface area contributed by atoms with Crippen LogP contribution in [0, 0.1) is 5.92 Å². The van der Waals surface area contributed by atoms with Crippen molar-refractivity contribution in [2.45, 2.75) is 32.9 Å². The predicted octanol–water partition coefficient (Wildman–Crippen LogP) is 1.85. The molecule has 19 heavy (non-hydrogen) atoms. The monoisotopic (exact) mass is 263 g/mol. The Bertz CT molecular complexity index is 397. The number of hydrazine groups is 1. The molecular weight excluding hydrogens is 238 g/mol. The molecule has 1 aliphatic heterocycles. The van der Waals surface area contributed by atoms with Gasteiger partial charge in [-0.15, -0.1) is 0 Å². The van der Waals surface area contributed by atoms with Crippen molar-refractivity contribution >= 4 is 0 Å². The number of rotatable bonds is 6. The summed E-state index contributed by atoms with van der Waals surface area (Å²) >= 11 is 0. The van der Waals surface area contributed by atoms with E-state index in [1.807, 2.05) is 13.0 Å². The molecule has 1 aromatic carbocycles. The Morgan fingerprint density at radius 2 is 2.11 bits per heavy atom. The third kappa shape index (κ3) is 3.47. The quantitative estimate of drug-likeness (QED) is 0.733. The van der Waals surface area contributed by atoms with Crippen molar-refractivity contribution in [1.82, 2.24) is 16.2 Å². The molecule has 1 fully saturated rings. The van der Waals surface area contributed by atoms with Crippen molar-refractivity contribution in [1.29, 1.82) is 0 Å². The molecule has 106 valence electrons. The van der Waals surface area contributed by atoms with Gasteiger partial charge in [0, 0.05) is 18.5 Å². The maximum absolute atomic E-state index is 5.59. The maximum atomic E-state index is 5.59. The predicted molar refractivity (Wildman–Crippen MR) is 78.1 cm³/mol. The molecule has 0 saturated carbocycles. The summed E-state index contributed by atoms with van der Waals surface area (Å²) in [4.78, 5) is 0. The zero-order valence-corrected chi connectivity index (χ0v) is 12.1. The highest BCUT2D eigenvalue weighted by Gasteiger charge is 2.33. The van der Waals surface area contributed by atoms with Gasteiger partial charge in [0.25, 0.3) is 0 Å². The lowest BCUT2D eigenvalue weighted by Crippen LogP contribution is -2.32. The van der Waals surface area contributed by atoms with E-state index in [9.17, 15) is 0 Å². The fourth-order valence-corrected chi connectivity index (χ4v) is 2.62. The highest BCUT2D eigenvalue weighted by molar-refractivity contribution is 5.31. The molecule has 0 aliphatic carbocycles. The van der Waals surface area contributed by atoms with Gasteiger partial charge in [-0.05, 0) is 38.1 Å². The second kappa shape index (κ2) is 6.89. The van der Waals surface area contributed by atoms with E-state index in [2.05, 4.69) is 48.2 Å². The molecule has 0 radical (unpaired) electrons. The fraction of sp³-hybridized carbons (Fsp3) is 0.600. The summed E-state index contributed by atoms with van der Waals surface area (Å²) in [5.41, 5.74) is 8.04. The molecule has 2 rings (SSSR count). The summed E-state index contributed by atoms with van der Waals surface area (Å²) in [5, 5.41) is 3.45. The van der Waals surface area contributed by atoms with E-state index < -0.39 is 0 Å². The lowest BCUT2D eigenvalue weighted by molar-refractivity contribution is 0.338. The lowest BCUT2D eigenvalue weighted by atomic mass is 9.90. The van der Waals surface area contributed by atoms with E-state index in [4.69, 9.17) is 4.74 Å². The van der Waals surface area contributed by atoms with E-state index in [-0.39, 0.29) is 0 Å². The largest absolute Gasteiger partial charge is 0.494 e. The SMILES string of the molecule is CCNCC1C(C)NNC1c1cccc(OCC)c1. The van der Waals surface area contributed by atoms with Crippen molar-refractivity contribution in [2.75, 3.05) is 19.7 Å². The summed E-state index contributed by atoms with van der Waals surface area (Å²) in [6.45, 7) is 9.11. The van der Waals surface area contributed by atoms with Crippen LogP contribution in [-0.4, -0.2) is 25.7 Å². The molecule has 0 aromatic heterocycles. The van der Waals surface area contributed by atoms with Crippen LogP contribution in [0.5, 0.6) is 5.75 Å². The van der Waals surface area contributed by atoms with Crippen molar-refractivity contribution in [3.05, 3.63) is 29.8 Å². The Kier molecular flexibility index (Phi) is 5.19. The van der Waals surface area contributed by atoms with Crippen LogP contribution >= 0.6 is 0 Å². The summed E-state index contributed by atoms with van der Waals surface area (Å²) in [6, 6.07) is 9.17. The van der Waals surface area contributed by atoms with Crippen LogP contribution in [0.15, 0.2) is 24.3 Å². The molecule has 1 saturated heterocycles. The zero-order chi connectivity index (χ0) is 13.7. The van der Waals surface area contributed by atoms with Gasteiger partial charge < -0.3 is 10.1 Å². The molecule has 0 bridgehead atoms. The minimum atomic E-state index is 0.328. The first-order valence-electron chi connectivity index (χ1n) is 7.20. The third-order valence-corrected chi connectivity index (χ3v) is 3.70. The lowest BCUT2D eigenvalue weighted by Gasteiger charge is -2.22. The Morgan fingerprint density at radius 1 is 1.26 bits per heavy atom. The van der Waals surface area contributed by atoms with Crippen molar-refractivity contribution in [2.24, 2.45) is 5.92 Å². The summed E-state index contributed by atoms with van der Waals surface area (Å²) in [6.07, 6.45) is 0. The van der Waals surface area contributed by atoms with E-state index in [1.165, 1.54) is 5.56 Å². The van der Waals surface area contributed by atoms with Crippen LogP contribution in [0.1, 0.15) is 32.4 Å². The zero-order valence-electron chi connectivity index (χ0n) is 12.1. The van der Waals surface area contributed by atoms with Gasteiger partial charge in [-0.3, -0.25) is 5.43 Å². The molecule has 0 spiro atoms. The number of hydrogen-bond donors (Lipinski definition) is 3. The van der Waals surface area contributed by atoms with Crippen LogP contribution in [0.3, 0.4) is 0 Å². The first kappa shape index (κ1) is 14.3. The number of hydrogen-bond acceptors (Lipinski definition) is 4. The van der Waals surface area contributed by atoms with Crippen LogP contribution < -0.4 is 20.9 Å². The third-order valence-electron chi connectivity index (χ3n) is 3.70. The number of benzene rings is 1. The normalized spacial score (nSPS) is 26.6. The number of nitrogens with one attached hydrogen (secondary N) is 3. The van der Waals surface area contributed by atoms with Crippen molar-refractivity contribution in [3.63, 3.8) is 0 Å². The van der Waals surface area contributed by atoms with E-state index in [0.717, 1.165) is 18.8 Å². The maximum Gasteiger partial charge on any atom is 0.119 e. The Hall–Kier alpha value is -1.10. The Labute approximate surface area is 115 Å². The fourth-order valence-electron chi connectivity index (χ4n) is 2.62. The van der Waals surface area contributed by atoms with E-state index in [0.29, 0.717) is 24.6 Å². The highest BCUT2D eigenvalue weighted by atomic mass is 16.5. The minimum Gasteiger partial charge on any atom is -0.494 e. The van der Waals surface area contributed by atoms with Gasteiger partial charge in [-0.25, -0.2) is 5.43 Å². The second-order valence-corrected chi connectivity index (χ2v) is 5.03. The Morgan fingerprint density at radius 3 is 2.84 bits per heavy atom. The highest BCUT2D eigenvalue weighted by Crippen LogP contribution is 2.30. The molecule has 4 heteroatoms. The van der Waals surface area contributed by atoms with Crippen LogP contribution in [0.25, 0.3) is 0 Å². The smallest absolute Gasteiger partial charge is 0.119 e. The molecule has 3 unspecified atom stereocenters. The molecule has 3 atom stereocenters. The van der Waals surface area contributed by atoms with Gasteiger partial charge in [0.2, 0.25) is 0 Å². The van der Waals surface area contributed by atoms with Crippen molar-refractivity contribution < 1.29 is 4.74 Å². The molecular formula is C15H25N3O. The molecule has 3 N–H and O–H groups in total. The summed E-state index contributed by atoms with van der Waals surface area (Å²) in [7, 11) is 0. The molecule has 1 aromatic rings. The van der Waals surface area contributed by atoms with Crippen LogP contribution in [-0.2, 0) is 0 Å². The van der Waals surface area contributed by atoms with Gasteiger partial charge in [-0.2, -0.15) is 0 Å². The first-order chi connectivity index (χ1) is 9.26. The topological polar surface area (TPSA) is 45.3 Å². The average molecular weight is 263 g/mol. The van der Waals surface area contributed by atoms with E-state index in [1.54, 1.807) is 0 Å². The average Bonchev–Trinajstić information content (AvgIpc) is 2.78. The summed E-state index contributed by atoms with van der Waals surface area (Å²) < 4.78 is 5.59. The van der Waals surface area contributed by atoms with Crippen molar-refractivity contribution in [3.8, 4) is 5.75 Å². The molecule has 1 aliphatic rings. The standard InChI is InChI=1S/C15H25N3O/c1-4-16-10-14-11(3)17-18-15(14)12-7-6-8-13(9-12)19-5-2/h6-9,11,14-18H,4-5,10H2,1-3H3. The molecule has 4 nitrogen and oxygen atoms in total. The second-order valence-electron chi connectivity index (χ2n) is 5.03. The molecule has 0 amide bonds. The van der Waals surface area contributed by atoms with E-state index >= 15 is 0 Å². The minimum absolute atomic E-state index is 0.328. The molecule has 1 heterocycles. The van der Waals surface area contributed by atoms with Gasteiger partial charge in [0.15, 0.2) is 0 Å². The summed E-state index contributed by atoms with van der Waals surface area (Å²) in [5.74, 6) is 1.49. The van der Waals surface area contributed by atoms with Gasteiger partial charge in [0.05, 0.1) is 12.6 Å². The van der Waals surface area contributed by atoms with Gasteiger partial charge in [-0.1, -0.05) is 19.1 Å². The van der Waals surface area contributed by atoms with Gasteiger partial charge >= 0.3 is 0 Å².